The van der Waals surface area contributed by atoms with Gasteiger partial charge in [-0.3, -0.25) is 9.59 Å². The summed E-state index contributed by atoms with van der Waals surface area (Å²) in [5.74, 6) is 3.57. The summed E-state index contributed by atoms with van der Waals surface area (Å²) in [6.07, 6.45) is 13.5. The summed E-state index contributed by atoms with van der Waals surface area (Å²) >= 11 is 5.38. The van der Waals surface area contributed by atoms with Crippen LogP contribution in [0.4, 0.5) is 0 Å². The number of carbonyl (C=O) groups is 2. The van der Waals surface area contributed by atoms with Gasteiger partial charge in [0, 0.05) is 12.0 Å². The fraction of sp³-hybridized carbons (Fsp3) is 0.758. The van der Waals surface area contributed by atoms with Crippen molar-refractivity contribution in [2.75, 3.05) is 0 Å². The third-order valence-electron chi connectivity index (χ3n) is 8.58. The van der Waals surface area contributed by atoms with E-state index in [1.165, 1.54) is 51.4 Å². The fourth-order valence-corrected chi connectivity index (χ4v) is 5.87. The van der Waals surface area contributed by atoms with Gasteiger partial charge in [0.1, 0.15) is 17.1 Å². The van der Waals surface area contributed by atoms with Crippen molar-refractivity contribution in [1.29, 1.82) is 0 Å². The van der Waals surface area contributed by atoms with Crippen molar-refractivity contribution in [2.24, 2.45) is 17.8 Å². The van der Waals surface area contributed by atoms with E-state index in [9.17, 15) is 9.59 Å². The molecule has 1 aliphatic rings. The summed E-state index contributed by atoms with van der Waals surface area (Å²) < 4.78 is 12.4. The van der Waals surface area contributed by atoms with Crippen molar-refractivity contribution in [3.8, 4) is 11.5 Å². The number of esters is 1. The summed E-state index contributed by atoms with van der Waals surface area (Å²) in [4.78, 5) is 23.3. The quantitative estimate of drug-likeness (QED) is 0.117. The average Bonchev–Trinajstić information content (AvgIpc) is 2.83. The van der Waals surface area contributed by atoms with Crippen molar-refractivity contribution < 1.29 is 19.1 Å². The van der Waals surface area contributed by atoms with Crippen molar-refractivity contribution >= 4 is 22.8 Å². The molecular formula is C33H53ClO4. The molecule has 0 aromatic heterocycles. The molecular weight excluding hydrogens is 496 g/mol. The molecule has 0 spiro atoms. The molecule has 3 atom stereocenters. The van der Waals surface area contributed by atoms with Gasteiger partial charge >= 0.3 is 5.97 Å². The van der Waals surface area contributed by atoms with Crippen molar-refractivity contribution in [3.05, 3.63) is 22.3 Å². The summed E-state index contributed by atoms with van der Waals surface area (Å²) in [6, 6.07) is 0. The van der Waals surface area contributed by atoms with Crippen LogP contribution in [0.1, 0.15) is 134 Å². The van der Waals surface area contributed by atoms with Crippen molar-refractivity contribution in [2.45, 2.75) is 144 Å². The zero-order valence-electron chi connectivity index (χ0n) is 25.4. The number of benzene rings is 1. The molecule has 3 unspecified atom stereocenters. The molecule has 0 amide bonds. The second-order valence-corrected chi connectivity index (χ2v) is 13.2. The maximum atomic E-state index is 12.3. The smallest absolute Gasteiger partial charge is 0.311 e. The number of fused-ring (bicyclic) bond motifs is 1. The Balaban J connectivity index is 1.87. The number of rotatable bonds is 16. The standard InChI is InChI=1S/C33H53ClO4/c1-22(2)12-9-13-23(3)14-10-15-24(4)16-11-20-33(8)21-19-28-27(7)31(25(5)26(6)32(28)38-33)37-30(36)18-17-29(34)35/h22-24H,9-21H2,1-8H3. The van der Waals surface area contributed by atoms with E-state index < -0.39 is 11.2 Å². The number of hydrogen-bond acceptors (Lipinski definition) is 4. The number of ether oxygens (including phenoxy) is 2. The molecule has 1 aliphatic heterocycles. The maximum absolute atomic E-state index is 12.3. The molecule has 0 fully saturated rings. The predicted molar refractivity (Wildman–Crippen MR) is 158 cm³/mol. The van der Waals surface area contributed by atoms with E-state index in [0.29, 0.717) is 5.75 Å². The minimum Gasteiger partial charge on any atom is -0.487 e. The van der Waals surface area contributed by atoms with Crippen LogP contribution in [0.2, 0.25) is 0 Å². The van der Waals surface area contributed by atoms with Gasteiger partial charge in [-0.1, -0.05) is 72.6 Å². The van der Waals surface area contributed by atoms with Crippen LogP contribution in [0.25, 0.3) is 0 Å². The Bertz CT molecular complexity index is 938. The highest BCUT2D eigenvalue weighted by molar-refractivity contribution is 6.63. The fourth-order valence-electron chi connectivity index (χ4n) is 5.78. The Hall–Kier alpha value is -1.55. The lowest BCUT2D eigenvalue weighted by atomic mass is 9.83. The maximum Gasteiger partial charge on any atom is 0.311 e. The topological polar surface area (TPSA) is 52.6 Å². The van der Waals surface area contributed by atoms with Crippen LogP contribution in [0.5, 0.6) is 11.5 Å². The second-order valence-electron chi connectivity index (χ2n) is 12.8. The minimum atomic E-state index is -0.527. The van der Waals surface area contributed by atoms with E-state index in [4.69, 9.17) is 21.1 Å². The van der Waals surface area contributed by atoms with Crippen LogP contribution in [0.3, 0.4) is 0 Å². The number of carbonyl (C=O) groups excluding carboxylic acids is 2. The van der Waals surface area contributed by atoms with Crippen LogP contribution in [0.15, 0.2) is 0 Å². The molecule has 0 N–H and O–H groups in total. The second kappa shape index (κ2) is 15.3. The van der Waals surface area contributed by atoms with E-state index >= 15 is 0 Å². The molecule has 1 heterocycles. The molecule has 5 heteroatoms. The first-order valence-corrected chi connectivity index (χ1v) is 15.4. The molecule has 1 aromatic carbocycles. The molecule has 0 aliphatic carbocycles. The summed E-state index contributed by atoms with van der Waals surface area (Å²) in [7, 11) is 0. The van der Waals surface area contributed by atoms with E-state index in [0.717, 1.165) is 65.0 Å². The summed E-state index contributed by atoms with van der Waals surface area (Å²) in [5.41, 5.74) is 3.88. The summed E-state index contributed by atoms with van der Waals surface area (Å²) in [5, 5.41) is -0.527. The lowest BCUT2D eigenvalue weighted by molar-refractivity contribution is -0.135. The molecule has 1 aromatic rings. The Labute approximate surface area is 237 Å². The molecule has 0 bridgehead atoms. The van der Waals surface area contributed by atoms with Crippen molar-refractivity contribution in [1.82, 2.24) is 0 Å². The molecule has 0 saturated heterocycles. The van der Waals surface area contributed by atoms with Crippen molar-refractivity contribution in [3.63, 3.8) is 0 Å². The van der Waals surface area contributed by atoms with Gasteiger partial charge in [-0.2, -0.15) is 0 Å². The third-order valence-corrected chi connectivity index (χ3v) is 8.77. The first kappa shape index (κ1) is 32.7. The van der Waals surface area contributed by atoms with Gasteiger partial charge in [0.15, 0.2) is 0 Å². The monoisotopic (exact) mass is 548 g/mol. The average molecular weight is 549 g/mol. The van der Waals surface area contributed by atoms with Crippen LogP contribution in [-0.2, 0) is 16.0 Å². The molecule has 4 nitrogen and oxygen atoms in total. The van der Waals surface area contributed by atoms with Gasteiger partial charge in [-0.05, 0) is 99.4 Å². The minimum absolute atomic E-state index is 0.0122. The van der Waals surface area contributed by atoms with E-state index in [1.54, 1.807) is 0 Å². The molecule has 0 saturated carbocycles. The van der Waals surface area contributed by atoms with Crippen LogP contribution < -0.4 is 9.47 Å². The zero-order chi connectivity index (χ0) is 28.5. The zero-order valence-corrected chi connectivity index (χ0v) is 26.2. The molecule has 216 valence electrons. The summed E-state index contributed by atoms with van der Waals surface area (Å²) in [6.45, 7) is 17.7. The van der Waals surface area contributed by atoms with Gasteiger partial charge in [0.05, 0.1) is 6.42 Å². The van der Waals surface area contributed by atoms with Gasteiger partial charge in [0.25, 0.3) is 0 Å². The van der Waals surface area contributed by atoms with Crippen LogP contribution >= 0.6 is 11.6 Å². The first-order chi connectivity index (χ1) is 17.8. The van der Waals surface area contributed by atoms with Gasteiger partial charge in [-0.15, -0.1) is 0 Å². The lowest BCUT2D eigenvalue weighted by Gasteiger charge is -2.38. The number of halogens is 1. The normalized spacial score (nSPS) is 18.6. The van der Waals surface area contributed by atoms with E-state index in [1.807, 2.05) is 20.8 Å². The molecule has 2 rings (SSSR count). The Morgan fingerprint density at radius 2 is 1.45 bits per heavy atom. The predicted octanol–water partition coefficient (Wildman–Crippen LogP) is 9.59. The number of hydrogen-bond donors (Lipinski definition) is 0. The Morgan fingerprint density at radius 1 is 0.868 bits per heavy atom. The first-order valence-electron chi connectivity index (χ1n) is 15.0. The Morgan fingerprint density at radius 3 is 2.03 bits per heavy atom. The van der Waals surface area contributed by atoms with E-state index in [2.05, 4.69) is 34.6 Å². The SMILES string of the molecule is Cc1c(C)c2c(c(C)c1OC(=O)CCC(=O)Cl)CCC(C)(CCCC(C)CCCC(C)CCCC(C)C)O2. The molecule has 38 heavy (non-hydrogen) atoms. The largest absolute Gasteiger partial charge is 0.487 e. The third kappa shape index (κ3) is 10.2. The highest BCUT2D eigenvalue weighted by atomic mass is 35.5. The Kier molecular flexibility index (Phi) is 13.1. The van der Waals surface area contributed by atoms with Crippen LogP contribution in [0, 0.1) is 38.5 Å². The molecule has 0 radical (unpaired) electrons. The highest BCUT2D eigenvalue weighted by Gasteiger charge is 2.34. The lowest BCUT2D eigenvalue weighted by Crippen LogP contribution is -2.37. The van der Waals surface area contributed by atoms with Gasteiger partial charge < -0.3 is 9.47 Å². The van der Waals surface area contributed by atoms with Crippen LogP contribution in [-0.4, -0.2) is 16.8 Å². The highest BCUT2D eigenvalue weighted by Crippen LogP contribution is 2.45. The van der Waals surface area contributed by atoms with Gasteiger partial charge in [0.2, 0.25) is 5.24 Å². The van der Waals surface area contributed by atoms with Gasteiger partial charge in [-0.25, -0.2) is 0 Å². The van der Waals surface area contributed by atoms with E-state index in [-0.39, 0.29) is 18.4 Å².